The van der Waals surface area contributed by atoms with Crippen molar-refractivity contribution in [1.82, 2.24) is 10.6 Å². The van der Waals surface area contributed by atoms with E-state index in [1.54, 1.807) is 0 Å². The maximum Gasteiger partial charge on any atom is 0.220 e. The predicted octanol–water partition coefficient (Wildman–Crippen LogP) is 0.794. The van der Waals surface area contributed by atoms with E-state index in [4.69, 9.17) is 0 Å². The van der Waals surface area contributed by atoms with E-state index in [0.29, 0.717) is 37.4 Å². The van der Waals surface area contributed by atoms with Crippen LogP contribution in [0.15, 0.2) is 0 Å². The van der Waals surface area contributed by atoms with Gasteiger partial charge in [0.1, 0.15) is 0 Å². The van der Waals surface area contributed by atoms with Crippen LogP contribution in [0.25, 0.3) is 0 Å². The first kappa shape index (κ1) is 12.8. The van der Waals surface area contributed by atoms with Crippen molar-refractivity contribution in [2.75, 3.05) is 6.54 Å². The van der Waals surface area contributed by atoms with E-state index in [1.165, 1.54) is 12.8 Å². The zero-order valence-electron chi connectivity index (χ0n) is 10.6. The van der Waals surface area contributed by atoms with Crippen LogP contribution in [0, 0.1) is 5.92 Å². The van der Waals surface area contributed by atoms with Crippen LogP contribution in [0.5, 0.6) is 0 Å². The molecule has 4 nitrogen and oxygen atoms in total. The SMILES string of the molecule is CCC(O)CNC(=O)CC1CC2CCC(C1)N2. The molecular formula is C13H24N2O2. The number of rotatable bonds is 5. The maximum atomic E-state index is 11.7. The first-order chi connectivity index (χ1) is 8.17. The lowest BCUT2D eigenvalue weighted by molar-refractivity contribution is -0.122. The van der Waals surface area contributed by atoms with Gasteiger partial charge in [-0.25, -0.2) is 0 Å². The molecule has 0 aromatic heterocycles. The lowest BCUT2D eigenvalue weighted by atomic mass is 9.89. The number of hydrogen-bond acceptors (Lipinski definition) is 3. The van der Waals surface area contributed by atoms with Crippen molar-refractivity contribution >= 4 is 5.91 Å². The molecule has 0 radical (unpaired) electrons. The van der Waals surface area contributed by atoms with E-state index in [9.17, 15) is 9.90 Å². The third-order valence-electron chi connectivity index (χ3n) is 4.05. The molecule has 4 heteroatoms. The minimum Gasteiger partial charge on any atom is -0.391 e. The molecule has 3 unspecified atom stereocenters. The van der Waals surface area contributed by atoms with Crippen molar-refractivity contribution in [3.05, 3.63) is 0 Å². The first-order valence-corrected chi connectivity index (χ1v) is 6.88. The average molecular weight is 240 g/mol. The van der Waals surface area contributed by atoms with Gasteiger partial charge < -0.3 is 15.7 Å². The number of carbonyl (C=O) groups is 1. The zero-order chi connectivity index (χ0) is 12.3. The highest BCUT2D eigenvalue weighted by atomic mass is 16.3. The molecule has 2 aliphatic rings. The van der Waals surface area contributed by atoms with Gasteiger partial charge in [-0.05, 0) is 38.0 Å². The molecule has 1 amide bonds. The van der Waals surface area contributed by atoms with E-state index in [1.807, 2.05) is 6.92 Å². The predicted molar refractivity (Wildman–Crippen MR) is 66.6 cm³/mol. The summed E-state index contributed by atoms with van der Waals surface area (Å²) in [6.07, 6.45) is 5.75. The van der Waals surface area contributed by atoms with Crippen molar-refractivity contribution in [1.29, 1.82) is 0 Å². The number of nitrogens with one attached hydrogen (secondary N) is 2. The minimum absolute atomic E-state index is 0.101. The van der Waals surface area contributed by atoms with E-state index in [0.717, 1.165) is 12.8 Å². The molecule has 2 bridgehead atoms. The Morgan fingerprint density at radius 2 is 2.06 bits per heavy atom. The van der Waals surface area contributed by atoms with Gasteiger partial charge in [0.2, 0.25) is 5.91 Å². The highest BCUT2D eigenvalue weighted by Gasteiger charge is 2.34. The summed E-state index contributed by atoms with van der Waals surface area (Å²) in [6, 6.07) is 1.29. The molecule has 0 aliphatic carbocycles. The van der Waals surface area contributed by atoms with Gasteiger partial charge in [-0.2, -0.15) is 0 Å². The van der Waals surface area contributed by atoms with Crippen molar-refractivity contribution in [3.8, 4) is 0 Å². The molecule has 2 fully saturated rings. The Morgan fingerprint density at radius 1 is 1.41 bits per heavy atom. The van der Waals surface area contributed by atoms with Crippen LogP contribution >= 0.6 is 0 Å². The number of fused-ring (bicyclic) bond motifs is 2. The largest absolute Gasteiger partial charge is 0.391 e. The Kier molecular flexibility index (Phi) is 4.40. The summed E-state index contributed by atoms with van der Waals surface area (Å²) in [5, 5.41) is 15.8. The molecule has 2 aliphatic heterocycles. The molecule has 2 heterocycles. The number of amides is 1. The molecule has 3 N–H and O–H groups in total. The van der Waals surface area contributed by atoms with Crippen LogP contribution in [0.3, 0.4) is 0 Å². The second-order valence-corrected chi connectivity index (χ2v) is 5.55. The number of aliphatic hydroxyl groups excluding tert-OH is 1. The molecule has 2 rings (SSSR count). The van der Waals surface area contributed by atoms with Gasteiger partial charge >= 0.3 is 0 Å². The van der Waals surface area contributed by atoms with Gasteiger partial charge in [-0.1, -0.05) is 6.92 Å². The first-order valence-electron chi connectivity index (χ1n) is 6.88. The van der Waals surface area contributed by atoms with Crippen LogP contribution in [-0.4, -0.2) is 35.7 Å². The number of hydrogen-bond donors (Lipinski definition) is 3. The Labute approximate surface area is 103 Å². The van der Waals surface area contributed by atoms with Crippen LogP contribution in [-0.2, 0) is 4.79 Å². The molecule has 3 atom stereocenters. The Morgan fingerprint density at radius 3 is 2.65 bits per heavy atom. The quantitative estimate of drug-likeness (QED) is 0.666. The summed E-state index contributed by atoms with van der Waals surface area (Å²) in [5.41, 5.74) is 0. The van der Waals surface area contributed by atoms with Crippen molar-refractivity contribution in [2.45, 2.75) is 63.6 Å². The van der Waals surface area contributed by atoms with Crippen LogP contribution in [0.2, 0.25) is 0 Å². The Hall–Kier alpha value is -0.610. The van der Waals surface area contributed by atoms with Crippen molar-refractivity contribution in [2.24, 2.45) is 5.92 Å². The summed E-state index contributed by atoms with van der Waals surface area (Å²) < 4.78 is 0. The van der Waals surface area contributed by atoms with Crippen molar-refractivity contribution < 1.29 is 9.90 Å². The lowest BCUT2D eigenvalue weighted by Gasteiger charge is -2.28. The van der Waals surface area contributed by atoms with Gasteiger partial charge in [0.15, 0.2) is 0 Å². The highest BCUT2D eigenvalue weighted by Crippen LogP contribution is 2.32. The maximum absolute atomic E-state index is 11.7. The molecule has 17 heavy (non-hydrogen) atoms. The topological polar surface area (TPSA) is 61.4 Å². The van der Waals surface area contributed by atoms with E-state index >= 15 is 0 Å². The van der Waals surface area contributed by atoms with Gasteiger partial charge in [-0.3, -0.25) is 4.79 Å². The fraction of sp³-hybridized carbons (Fsp3) is 0.923. The number of aliphatic hydroxyl groups is 1. The summed E-state index contributed by atoms with van der Waals surface area (Å²) >= 11 is 0. The van der Waals surface area contributed by atoms with Gasteiger partial charge in [-0.15, -0.1) is 0 Å². The fourth-order valence-corrected chi connectivity index (χ4v) is 3.05. The molecule has 0 aromatic rings. The standard InChI is InChI=1S/C13H24N2O2/c1-2-12(16)8-14-13(17)7-9-5-10-3-4-11(6-9)15-10/h9-12,15-16H,2-8H2,1H3,(H,14,17). The van der Waals surface area contributed by atoms with Gasteiger partial charge in [0.05, 0.1) is 6.10 Å². The average Bonchev–Trinajstić information content (AvgIpc) is 2.65. The minimum atomic E-state index is -0.400. The molecule has 2 saturated heterocycles. The molecule has 0 spiro atoms. The third-order valence-corrected chi connectivity index (χ3v) is 4.05. The lowest BCUT2D eigenvalue weighted by Crippen LogP contribution is -2.40. The normalized spacial score (nSPS) is 33.4. The summed E-state index contributed by atoms with van der Waals surface area (Å²) in [4.78, 5) is 11.7. The smallest absolute Gasteiger partial charge is 0.220 e. The Bertz CT molecular complexity index is 258. The summed E-state index contributed by atoms with van der Waals surface area (Å²) in [6.45, 7) is 2.31. The summed E-state index contributed by atoms with van der Waals surface area (Å²) in [5.74, 6) is 0.635. The highest BCUT2D eigenvalue weighted by molar-refractivity contribution is 5.76. The monoisotopic (exact) mass is 240 g/mol. The third kappa shape index (κ3) is 3.68. The van der Waals surface area contributed by atoms with Crippen LogP contribution < -0.4 is 10.6 Å². The van der Waals surface area contributed by atoms with Gasteiger partial charge in [0, 0.05) is 25.0 Å². The van der Waals surface area contributed by atoms with E-state index in [-0.39, 0.29) is 5.91 Å². The van der Waals surface area contributed by atoms with E-state index < -0.39 is 6.10 Å². The molecule has 98 valence electrons. The fourth-order valence-electron chi connectivity index (χ4n) is 3.05. The van der Waals surface area contributed by atoms with Crippen molar-refractivity contribution in [3.63, 3.8) is 0 Å². The summed E-state index contributed by atoms with van der Waals surface area (Å²) in [7, 11) is 0. The molecule has 0 aromatic carbocycles. The second-order valence-electron chi connectivity index (χ2n) is 5.55. The second kappa shape index (κ2) is 5.83. The van der Waals surface area contributed by atoms with Crippen LogP contribution in [0.1, 0.15) is 45.4 Å². The number of carbonyl (C=O) groups excluding carboxylic acids is 1. The van der Waals surface area contributed by atoms with E-state index in [2.05, 4.69) is 10.6 Å². The number of piperidine rings is 1. The molecule has 0 saturated carbocycles. The van der Waals surface area contributed by atoms with Crippen LogP contribution in [0.4, 0.5) is 0 Å². The molecular weight excluding hydrogens is 216 g/mol. The van der Waals surface area contributed by atoms with Gasteiger partial charge in [0.25, 0.3) is 0 Å². The zero-order valence-corrected chi connectivity index (χ0v) is 10.6. The Balaban J connectivity index is 1.68.